The smallest absolute Gasteiger partial charge is 0.325 e. The van der Waals surface area contributed by atoms with Crippen LogP contribution >= 0.6 is 11.6 Å². The van der Waals surface area contributed by atoms with Gasteiger partial charge in [-0.05, 0) is 66.8 Å². The molecular weight excluding hydrogens is 454 g/mol. The lowest BCUT2D eigenvalue weighted by Crippen LogP contribution is -2.47. The molecule has 1 fully saturated rings. The average molecular weight is 476 g/mol. The van der Waals surface area contributed by atoms with Gasteiger partial charge in [-0.15, -0.1) is 0 Å². The second-order valence-electron chi connectivity index (χ2n) is 8.34. The number of amides is 4. The third kappa shape index (κ3) is 3.99. The summed E-state index contributed by atoms with van der Waals surface area (Å²) in [5, 5.41) is 6.08. The summed E-state index contributed by atoms with van der Waals surface area (Å²) in [7, 11) is 0. The molecule has 3 aromatic rings. The van der Waals surface area contributed by atoms with Crippen LogP contribution in [0, 0.1) is 0 Å². The lowest BCUT2D eigenvalue weighted by Gasteiger charge is -2.33. The van der Waals surface area contributed by atoms with E-state index in [0.717, 1.165) is 28.9 Å². The van der Waals surface area contributed by atoms with E-state index in [2.05, 4.69) is 10.6 Å². The third-order valence-corrected chi connectivity index (χ3v) is 6.47. The SMILES string of the molecule is O=C(CN1C(=O)N[C@]2(CCCc3ccccc32)C1=O)Nc1ccc(Oc2ccccc2Cl)cc1. The Balaban J connectivity index is 1.25. The first kappa shape index (κ1) is 22.0. The fourth-order valence-corrected chi connectivity index (χ4v) is 4.73. The van der Waals surface area contributed by atoms with Crippen LogP contribution in [0.5, 0.6) is 11.5 Å². The second-order valence-corrected chi connectivity index (χ2v) is 8.75. The monoisotopic (exact) mass is 475 g/mol. The van der Waals surface area contributed by atoms with Crippen molar-refractivity contribution >= 4 is 35.1 Å². The summed E-state index contributed by atoms with van der Waals surface area (Å²) < 4.78 is 5.75. The molecule has 8 heteroatoms. The maximum Gasteiger partial charge on any atom is 0.325 e. The zero-order chi connectivity index (χ0) is 23.7. The van der Waals surface area contributed by atoms with Crippen LogP contribution in [0.3, 0.4) is 0 Å². The van der Waals surface area contributed by atoms with Crippen LogP contribution in [0.1, 0.15) is 24.0 Å². The number of anilines is 1. The van der Waals surface area contributed by atoms with Gasteiger partial charge in [0.25, 0.3) is 5.91 Å². The summed E-state index contributed by atoms with van der Waals surface area (Å²) in [4.78, 5) is 39.7. The van der Waals surface area contributed by atoms with Crippen molar-refractivity contribution in [1.29, 1.82) is 0 Å². The molecule has 0 aromatic heterocycles. The van der Waals surface area contributed by atoms with Crippen LogP contribution in [-0.4, -0.2) is 29.3 Å². The van der Waals surface area contributed by atoms with Crippen LogP contribution in [0.15, 0.2) is 72.8 Å². The van der Waals surface area contributed by atoms with Crippen molar-refractivity contribution in [2.75, 3.05) is 11.9 Å². The number of nitrogens with one attached hydrogen (secondary N) is 2. The number of carbonyl (C=O) groups is 3. The largest absolute Gasteiger partial charge is 0.456 e. The molecule has 4 amide bonds. The van der Waals surface area contributed by atoms with Crippen molar-refractivity contribution in [3.8, 4) is 11.5 Å². The van der Waals surface area contributed by atoms with Gasteiger partial charge in [0.1, 0.15) is 23.6 Å². The molecule has 0 saturated carbocycles. The van der Waals surface area contributed by atoms with Gasteiger partial charge in [-0.2, -0.15) is 0 Å². The second kappa shape index (κ2) is 8.83. The van der Waals surface area contributed by atoms with Gasteiger partial charge in [0.15, 0.2) is 0 Å². The Morgan fingerprint density at radius 3 is 2.56 bits per heavy atom. The minimum Gasteiger partial charge on any atom is -0.456 e. The highest BCUT2D eigenvalue weighted by atomic mass is 35.5. The fraction of sp³-hybridized carbons (Fsp3) is 0.192. The van der Waals surface area contributed by atoms with Crippen LogP contribution in [0.2, 0.25) is 5.02 Å². The number of hydrogen-bond donors (Lipinski definition) is 2. The standard InChI is InChI=1S/C26H22ClN3O4/c27-21-9-3-4-10-22(21)34-19-13-11-18(12-14-19)28-23(31)16-30-24(32)26(29-25(30)33)15-5-7-17-6-1-2-8-20(17)26/h1-4,6,8-14H,5,7,15-16H2,(H,28,31)(H,29,33)/t26-/m0/s1. The molecule has 172 valence electrons. The highest BCUT2D eigenvalue weighted by Gasteiger charge is 2.54. The van der Waals surface area contributed by atoms with Crippen LogP contribution in [-0.2, 0) is 21.5 Å². The van der Waals surface area contributed by atoms with E-state index in [1.807, 2.05) is 36.4 Å². The Morgan fingerprint density at radius 2 is 1.76 bits per heavy atom. The van der Waals surface area contributed by atoms with Crippen LogP contribution in [0.4, 0.5) is 10.5 Å². The summed E-state index contributed by atoms with van der Waals surface area (Å²) in [5.74, 6) is 0.225. The highest BCUT2D eigenvalue weighted by molar-refractivity contribution is 6.32. The van der Waals surface area contributed by atoms with Gasteiger partial charge in [0.05, 0.1) is 5.02 Å². The van der Waals surface area contributed by atoms with E-state index in [0.29, 0.717) is 28.6 Å². The van der Waals surface area contributed by atoms with E-state index in [1.54, 1.807) is 36.4 Å². The molecule has 0 bridgehead atoms. The molecule has 2 N–H and O–H groups in total. The Kier molecular flexibility index (Phi) is 5.71. The molecule has 2 aliphatic rings. The lowest BCUT2D eigenvalue weighted by molar-refractivity contribution is -0.134. The molecule has 1 saturated heterocycles. The summed E-state index contributed by atoms with van der Waals surface area (Å²) in [6.45, 7) is -0.369. The van der Waals surface area contributed by atoms with Crippen molar-refractivity contribution in [2.45, 2.75) is 24.8 Å². The number of hydrogen-bond acceptors (Lipinski definition) is 4. The minimum absolute atomic E-state index is 0.369. The van der Waals surface area contributed by atoms with E-state index < -0.39 is 17.5 Å². The van der Waals surface area contributed by atoms with Gasteiger partial charge in [-0.3, -0.25) is 14.5 Å². The Bertz CT molecular complexity index is 1280. The van der Waals surface area contributed by atoms with Crippen molar-refractivity contribution in [2.24, 2.45) is 0 Å². The molecule has 1 spiro atoms. The van der Waals surface area contributed by atoms with E-state index in [-0.39, 0.29) is 12.5 Å². The zero-order valence-electron chi connectivity index (χ0n) is 18.2. The quantitative estimate of drug-likeness (QED) is 0.516. The summed E-state index contributed by atoms with van der Waals surface area (Å²) in [6, 6.07) is 21.0. The Labute approximate surface area is 201 Å². The molecule has 1 aliphatic heterocycles. The number of urea groups is 1. The van der Waals surface area contributed by atoms with Gasteiger partial charge in [0.2, 0.25) is 5.91 Å². The molecule has 1 heterocycles. The number of aryl methyl sites for hydroxylation is 1. The first-order chi connectivity index (χ1) is 16.5. The molecule has 7 nitrogen and oxygen atoms in total. The van der Waals surface area contributed by atoms with Gasteiger partial charge >= 0.3 is 6.03 Å². The zero-order valence-corrected chi connectivity index (χ0v) is 19.0. The van der Waals surface area contributed by atoms with Gasteiger partial charge in [-0.1, -0.05) is 48.0 Å². The first-order valence-electron chi connectivity index (χ1n) is 11.0. The molecule has 1 atom stereocenters. The molecule has 34 heavy (non-hydrogen) atoms. The van der Waals surface area contributed by atoms with Gasteiger partial charge < -0.3 is 15.4 Å². The van der Waals surface area contributed by atoms with Gasteiger partial charge in [-0.25, -0.2) is 4.79 Å². The number of imide groups is 1. The predicted molar refractivity (Wildman–Crippen MR) is 128 cm³/mol. The van der Waals surface area contributed by atoms with E-state index in [9.17, 15) is 14.4 Å². The number of halogens is 1. The molecule has 0 radical (unpaired) electrons. The number of para-hydroxylation sites is 1. The first-order valence-corrected chi connectivity index (χ1v) is 11.4. The summed E-state index contributed by atoms with van der Waals surface area (Å²) in [6.07, 6.45) is 2.16. The van der Waals surface area contributed by atoms with E-state index in [4.69, 9.17) is 16.3 Å². The molecule has 5 rings (SSSR count). The minimum atomic E-state index is -1.09. The van der Waals surface area contributed by atoms with E-state index in [1.165, 1.54) is 0 Å². The number of carbonyl (C=O) groups excluding carboxylic acids is 3. The average Bonchev–Trinajstić information content (AvgIpc) is 3.06. The Morgan fingerprint density at radius 1 is 1.03 bits per heavy atom. The lowest BCUT2D eigenvalue weighted by atomic mass is 9.76. The van der Waals surface area contributed by atoms with Gasteiger partial charge in [0, 0.05) is 5.69 Å². The topological polar surface area (TPSA) is 87.7 Å². The molecule has 3 aromatic carbocycles. The fourth-order valence-electron chi connectivity index (χ4n) is 4.56. The van der Waals surface area contributed by atoms with Crippen LogP contribution in [0.25, 0.3) is 0 Å². The van der Waals surface area contributed by atoms with Crippen molar-refractivity contribution in [1.82, 2.24) is 10.2 Å². The number of fused-ring (bicyclic) bond motifs is 2. The number of benzene rings is 3. The molecular formula is C26H22ClN3O4. The van der Waals surface area contributed by atoms with Crippen molar-refractivity contribution in [3.05, 3.63) is 88.9 Å². The number of ether oxygens (including phenoxy) is 1. The Hall–Kier alpha value is -3.84. The highest BCUT2D eigenvalue weighted by Crippen LogP contribution is 2.39. The van der Waals surface area contributed by atoms with Crippen LogP contribution < -0.4 is 15.4 Å². The molecule has 1 aliphatic carbocycles. The number of rotatable bonds is 5. The predicted octanol–water partition coefficient (Wildman–Crippen LogP) is 4.85. The van der Waals surface area contributed by atoms with Crippen molar-refractivity contribution in [3.63, 3.8) is 0 Å². The summed E-state index contributed by atoms with van der Waals surface area (Å²) >= 11 is 6.11. The third-order valence-electron chi connectivity index (χ3n) is 6.16. The number of nitrogens with zero attached hydrogens (tertiary/aromatic N) is 1. The normalized spacial score (nSPS) is 19.0. The maximum absolute atomic E-state index is 13.3. The summed E-state index contributed by atoms with van der Waals surface area (Å²) in [5.41, 5.74) is 1.29. The molecule has 0 unspecified atom stereocenters. The maximum atomic E-state index is 13.3. The van der Waals surface area contributed by atoms with Crippen molar-refractivity contribution < 1.29 is 19.1 Å². The van der Waals surface area contributed by atoms with E-state index >= 15 is 0 Å².